The van der Waals surface area contributed by atoms with Gasteiger partial charge in [-0.05, 0) is 6.07 Å². The number of aromatic nitrogens is 3. The van der Waals surface area contributed by atoms with Crippen molar-refractivity contribution in [2.24, 2.45) is 0 Å². The molecule has 0 aliphatic heterocycles. The molecule has 0 saturated heterocycles. The number of hydrogen-bond acceptors (Lipinski definition) is 4. The van der Waals surface area contributed by atoms with Crippen molar-refractivity contribution < 1.29 is 9.18 Å². The molecule has 0 fully saturated rings. The zero-order valence-corrected chi connectivity index (χ0v) is 9.51. The summed E-state index contributed by atoms with van der Waals surface area (Å²) in [7, 11) is 0. The molecule has 0 aliphatic carbocycles. The number of anilines is 1. The van der Waals surface area contributed by atoms with E-state index in [4.69, 9.17) is 5.73 Å². The molecule has 0 aliphatic rings. The van der Waals surface area contributed by atoms with E-state index in [2.05, 4.69) is 15.4 Å². The van der Waals surface area contributed by atoms with Crippen LogP contribution in [-0.4, -0.2) is 27.2 Å². The largest absolute Gasteiger partial charge is 0.396 e. The second kappa shape index (κ2) is 5.26. The summed E-state index contributed by atoms with van der Waals surface area (Å²) < 4.78 is 14.5. The van der Waals surface area contributed by atoms with Gasteiger partial charge in [-0.3, -0.25) is 14.5 Å². The molecule has 1 amide bonds. The van der Waals surface area contributed by atoms with Crippen molar-refractivity contribution >= 4 is 11.6 Å². The van der Waals surface area contributed by atoms with E-state index in [1.807, 2.05) is 0 Å². The second-order valence-electron chi connectivity index (χ2n) is 3.68. The first kappa shape index (κ1) is 12.0. The lowest BCUT2D eigenvalue weighted by Gasteiger charge is -2.05. The van der Waals surface area contributed by atoms with E-state index in [1.165, 1.54) is 12.4 Å². The van der Waals surface area contributed by atoms with Crippen LogP contribution in [0.2, 0.25) is 0 Å². The Morgan fingerprint density at radius 3 is 2.94 bits per heavy atom. The van der Waals surface area contributed by atoms with Crippen molar-refractivity contribution in [3.05, 3.63) is 42.2 Å². The topological polar surface area (TPSA) is 85.8 Å². The van der Waals surface area contributed by atoms with Crippen molar-refractivity contribution in [2.75, 3.05) is 12.3 Å². The molecule has 0 aromatic carbocycles. The van der Waals surface area contributed by atoms with Gasteiger partial charge in [0.1, 0.15) is 5.82 Å². The van der Waals surface area contributed by atoms with E-state index in [9.17, 15) is 9.18 Å². The Bertz CT molecular complexity index is 554. The van der Waals surface area contributed by atoms with Crippen molar-refractivity contribution in [1.82, 2.24) is 20.1 Å². The van der Waals surface area contributed by atoms with E-state index in [1.54, 1.807) is 10.9 Å². The Morgan fingerprint density at radius 1 is 1.44 bits per heavy atom. The third-order valence-electron chi connectivity index (χ3n) is 2.25. The summed E-state index contributed by atoms with van der Waals surface area (Å²) in [4.78, 5) is 15.2. The van der Waals surface area contributed by atoms with Gasteiger partial charge in [0.05, 0.1) is 30.2 Å². The van der Waals surface area contributed by atoms with Crippen LogP contribution in [0.1, 0.15) is 10.4 Å². The second-order valence-corrected chi connectivity index (χ2v) is 3.68. The first-order valence-electron chi connectivity index (χ1n) is 5.32. The molecule has 0 atom stereocenters. The van der Waals surface area contributed by atoms with Crippen LogP contribution in [0.4, 0.5) is 10.1 Å². The molecule has 18 heavy (non-hydrogen) atoms. The van der Waals surface area contributed by atoms with Gasteiger partial charge in [0.25, 0.3) is 5.91 Å². The summed E-state index contributed by atoms with van der Waals surface area (Å²) in [6.45, 7) is 0.863. The van der Waals surface area contributed by atoms with Gasteiger partial charge in [-0.1, -0.05) is 0 Å². The first-order chi connectivity index (χ1) is 8.65. The third kappa shape index (κ3) is 3.03. The molecule has 2 aromatic heterocycles. The predicted molar refractivity (Wildman–Crippen MR) is 63.2 cm³/mol. The fourth-order valence-electron chi connectivity index (χ4n) is 1.42. The highest BCUT2D eigenvalue weighted by atomic mass is 19.1. The Kier molecular flexibility index (Phi) is 3.52. The van der Waals surface area contributed by atoms with Gasteiger partial charge >= 0.3 is 0 Å². The number of nitrogen functional groups attached to an aromatic ring is 1. The van der Waals surface area contributed by atoms with Gasteiger partial charge in [0.2, 0.25) is 0 Å². The quantitative estimate of drug-likeness (QED) is 0.822. The number of nitrogens with two attached hydrogens (primary N) is 1. The number of hydrogen-bond donors (Lipinski definition) is 2. The molecule has 0 unspecified atom stereocenters. The molecule has 0 spiro atoms. The Morgan fingerprint density at radius 2 is 2.28 bits per heavy atom. The van der Waals surface area contributed by atoms with Crippen LogP contribution >= 0.6 is 0 Å². The molecule has 2 heterocycles. The highest BCUT2D eigenvalue weighted by Gasteiger charge is 2.06. The monoisotopic (exact) mass is 249 g/mol. The molecular formula is C11H12FN5O. The Balaban J connectivity index is 1.85. The van der Waals surface area contributed by atoms with Gasteiger partial charge in [-0.25, -0.2) is 4.39 Å². The predicted octanol–water partition coefficient (Wildman–Crippen LogP) is 0.429. The molecule has 3 N–H and O–H groups in total. The molecule has 6 nitrogen and oxygen atoms in total. The average molecular weight is 249 g/mol. The molecule has 2 aromatic rings. The summed E-state index contributed by atoms with van der Waals surface area (Å²) in [5, 5.41) is 6.60. The van der Waals surface area contributed by atoms with Crippen LogP contribution in [-0.2, 0) is 6.54 Å². The SMILES string of the molecule is Nc1cnn(CCNC(=O)c2cncc(F)c2)c1. The zero-order chi connectivity index (χ0) is 13.0. The minimum atomic E-state index is -0.539. The number of halogens is 1. The summed E-state index contributed by atoms with van der Waals surface area (Å²) in [6.07, 6.45) is 5.54. The number of nitrogens with zero attached hydrogens (tertiary/aromatic N) is 3. The van der Waals surface area contributed by atoms with Crippen LogP contribution in [0.25, 0.3) is 0 Å². The lowest BCUT2D eigenvalue weighted by Crippen LogP contribution is -2.27. The van der Waals surface area contributed by atoms with E-state index in [-0.39, 0.29) is 11.5 Å². The molecule has 94 valence electrons. The van der Waals surface area contributed by atoms with Crippen molar-refractivity contribution in [3.63, 3.8) is 0 Å². The zero-order valence-electron chi connectivity index (χ0n) is 9.51. The lowest BCUT2D eigenvalue weighted by molar-refractivity contribution is 0.0951. The normalized spacial score (nSPS) is 10.3. The number of carbonyl (C=O) groups is 1. The van der Waals surface area contributed by atoms with Crippen molar-refractivity contribution in [3.8, 4) is 0 Å². The maximum atomic E-state index is 12.8. The Hall–Kier alpha value is -2.44. The fraction of sp³-hybridized carbons (Fsp3) is 0.182. The summed E-state index contributed by atoms with van der Waals surface area (Å²) in [5.74, 6) is -0.912. The van der Waals surface area contributed by atoms with Gasteiger partial charge in [-0.2, -0.15) is 5.10 Å². The van der Waals surface area contributed by atoms with E-state index < -0.39 is 5.82 Å². The molecule has 2 rings (SSSR count). The lowest BCUT2D eigenvalue weighted by atomic mass is 10.2. The van der Waals surface area contributed by atoms with E-state index in [0.29, 0.717) is 18.8 Å². The average Bonchev–Trinajstić information content (AvgIpc) is 2.75. The standard InChI is InChI=1S/C11H12FN5O/c12-9-3-8(4-14-5-9)11(18)15-1-2-17-7-10(13)6-16-17/h3-7H,1-2,13H2,(H,15,18). The first-order valence-corrected chi connectivity index (χ1v) is 5.32. The van der Waals surface area contributed by atoms with Crippen LogP contribution in [0.15, 0.2) is 30.9 Å². The highest BCUT2D eigenvalue weighted by molar-refractivity contribution is 5.93. The third-order valence-corrected chi connectivity index (χ3v) is 2.25. The highest BCUT2D eigenvalue weighted by Crippen LogP contribution is 2.00. The molecular weight excluding hydrogens is 237 g/mol. The Labute approximate surface area is 103 Å². The maximum Gasteiger partial charge on any atom is 0.253 e. The van der Waals surface area contributed by atoms with E-state index >= 15 is 0 Å². The minimum Gasteiger partial charge on any atom is -0.396 e. The number of nitrogens with one attached hydrogen (secondary N) is 1. The van der Waals surface area contributed by atoms with Crippen molar-refractivity contribution in [1.29, 1.82) is 0 Å². The number of rotatable bonds is 4. The smallest absolute Gasteiger partial charge is 0.253 e. The minimum absolute atomic E-state index is 0.190. The number of amides is 1. The van der Waals surface area contributed by atoms with Crippen molar-refractivity contribution in [2.45, 2.75) is 6.54 Å². The maximum absolute atomic E-state index is 12.8. The van der Waals surface area contributed by atoms with Gasteiger partial charge in [0.15, 0.2) is 0 Å². The summed E-state index contributed by atoms with van der Waals surface area (Å²) in [6, 6.07) is 1.13. The number of carbonyl (C=O) groups excluding carboxylic acids is 1. The molecule has 0 bridgehead atoms. The number of pyridine rings is 1. The van der Waals surface area contributed by atoms with Gasteiger partial charge < -0.3 is 11.1 Å². The van der Waals surface area contributed by atoms with Gasteiger partial charge in [-0.15, -0.1) is 0 Å². The van der Waals surface area contributed by atoms with Crippen LogP contribution in [0, 0.1) is 5.82 Å². The molecule has 7 heteroatoms. The fourth-order valence-corrected chi connectivity index (χ4v) is 1.42. The van der Waals surface area contributed by atoms with Gasteiger partial charge in [0, 0.05) is 18.9 Å². The molecule has 0 saturated carbocycles. The van der Waals surface area contributed by atoms with E-state index in [0.717, 1.165) is 12.3 Å². The summed E-state index contributed by atoms with van der Waals surface area (Å²) >= 11 is 0. The molecule has 0 radical (unpaired) electrons. The van der Waals surface area contributed by atoms with Crippen LogP contribution in [0.5, 0.6) is 0 Å². The van der Waals surface area contributed by atoms with Crippen LogP contribution < -0.4 is 11.1 Å². The summed E-state index contributed by atoms with van der Waals surface area (Å²) in [5.41, 5.74) is 6.25. The van der Waals surface area contributed by atoms with Crippen LogP contribution in [0.3, 0.4) is 0 Å².